The van der Waals surface area contributed by atoms with Crippen LogP contribution in [-0.2, 0) is 13.2 Å². The first kappa shape index (κ1) is 20.8. The normalized spacial score (nSPS) is 10.6. The van der Waals surface area contributed by atoms with Gasteiger partial charge in [0.2, 0.25) is 0 Å². The van der Waals surface area contributed by atoms with Gasteiger partial charge in [-0.1, -0.05) is 29.3 Å². The number of furan rings is 1. The van der Waals surface area contributed by atoms with E-state index in [0.29, 0.717) is 28.1 Å². The SMILES string of the molecule is CCn1cc(NC(=O)c2ccc(COc3cccc(Cl)c3Cl)o2)c(C(=O)NC)n1. The summed E-state index contributed by atoms with van der Waals surface area (Å²) in [7, 11) is 1.49. The number of rotatable bonds is 7. The van der Waals surface area contributed by atoms with Crippen LogP contribution in [0.5, 0.6) is 5.75 Å². The van der Waals surface area contributed by atoms with Crippen LogP contribution in [0.25, 0.3) is 0 Å². The minimum Gasteiger partial charge on any atom is -0.484 e. The molecule has 29 heavy (non-hydrogen) atoms. The molecule has 10 heteroatoms. The van der Waals surface area contributed by atoms with Crippen molar-refractivity contribution in [3.8, 4) is 5.75 Å². The van der Waals surface area contributed by atoms with Crippen LogP contribution in [0.4, 0.5) is 5.69 Å². The Morgan fingerprint density at radius 1 is 1.21 bits per heavy atom. The van der Waals surface area contributed by atoms with Gasteiger partial charge in [0.1, 0.15) is 23.1 Å². The number of aromatic nitrogens is 2. The van der Waals surface area contributed by atoms with E-state index < -0.39 is 11.8 Å². The van der Waals surface area contributed by atoms with E-state index in [1.165, 1.54) is 13.1 Å². The van der Waals surface area contributed by atoms with Crippen molar-refractivity contribution in [1.82, 2.24) is 15.1 Å². The summed E-state index contributed by atoms with van der Waals surface area (Å²) < 4.78 is 12.7. The molecular formula is C19H18Cl2N4O4. The lowest BCUT2D eigenvalue weighted by molar-refractivity contribution is 0.0958. The van der Waals surface area contributed by atoms with Crippen LogP contribution in [0.15, 0.2) is 40.9 Å². The molecule has 3 aromatic rings. The number of anilines is 1. The van der Waals surface area contributed by atoms with Gasteiger partial charge in [-0.15, -0.1) is 0 Å². The molecule has 0 radical (unpaired) electrons. The molecule has 0 aliphatic carbocycles. The average molecular weight is 437 g/mol. The number of aryl methyl sites for hydroxylation is 1. The summed E-state index contributed by atoms with van der Waals surface area (Å²) in [5, 5.41) is 9.96. The van der Waals surface area contributed by atoms with E-state index >= 15 is 0 Å². The van der Waals surface area contributed by atoms with Gasteiger partial charge in [0.25, 0.3) is 11.8 Å². The van der Waals surface area contributed by atoms with Gasteiger partial charge in [-0.3, -0.25) is 14.3 Å². The highest BCUT2D eigenvalue weighted by molar-refractivity contribution is 6.42. The first-order chi connectivity index (χ1) is 13.9. The van der Waals surface area contributed by atoms with Crippen molar-refractivity contribution in [2.24, 2.45) is 0 Å². The van der Waals surface area contributed by atoms with E-state index in [0.717, 1.165) is 0 Å². The van der Waals surface area contributed by atoms with Gasteiger partial charge in [0, 0.05) is 19.8 Å². The third-order valence-electron chi connectivity index (χ3n) is 3.95. The first-order valence-electron chi connectivity index (χ1n) is 8.69. The number of carbonyl (C=O) groups is 2. The summed E-state index contributed by atoms with van der Waals surface area (Å²) in [5.74, 6) is -0.0316. The molecule has 0 aliphatic rings. The van der Waals surface area contributed by atoms with E-state index in [1.54, 1.807) is 35.1 Å². The van der Waals surface area contributed by atoms with Crippen molar-refractivity contribution >= 4 is 40.7 Å². The molecule has 1 aromatic carbocycles. The van der Waals surface area contributed by atoms with Crippen LogP contribution in [0, 0.1) is 0 Å². The molecule has 2 heterocycles. The number of hydrogen-bond donors (Lipinski definition) is 2. The second-order valence-electron chi connectivity index (χ2n) is 5.89. The first-order valence-corrected chi connectivity index (χ1v) is 9.45. The maximum Gasteiger partial charge on any atom is 0.291 e. The van der Waals surface area contributed by atoms with Crippen LogP contribution in [0.3, 0.4) is 0 Å². The van der Waals surface area contributed by atoms with Crippen molar-refractivity contribution in [1.29, 1.82) is 0 Å². The predicted molar refractivity (Wildman–Crippen MR) is 109 cm³/mol. The number of ether oxygens (including phenoxy) is 1. The van der Waals surface area contributed by atoms with Crippen LogP contribution in [0.1, 0.15) is 33.7 Å². The topological polar surface area (TPSA) is 98.4 Å². The fourth-order valence-electron chi connectivity index (χ4n) is 2.47. The van der Waals surface area contributed by atoms with Crippen LogP contribution < -0.4 is 15.4 Å². The zero-order chi connectivity index (χ0) is 21.0. The lowest BCUT2D eigenvalue weighted by Crippen LogP contribution is -2.21. The number of nitrogens with one attached hydrogen (secondary N) is 2. The maximum absolute atomic E-state index is 12.5. The third kappa shape index (κ3) is 4.72. The summed E-state index contributed by atoms with van der Waals surface area (Å²) >= 11 is 12.0. The summed E-state index contributed by atoms with van der Waals surface area (Å²) in [5.41, 5.74) is 0.407. The van der Waals surface area contributed by atoms with Crippen molar-refractivity contribution in [3.63, 3.8) is 0 Å². The molecule has 3 rings (SSSR count). The molecule has 0 saturated carbocycles. The maximum atomic E-state index is 12.5. The van der Waals surface area contributed by atoms with E-state index in [2.05, 4.69) is 15.7 Å². The molecule has 0 unspecified atom stereocenters. The molecule has 0 spiro atoms. The Hall–Kier alpha value is -2.97. The molecule has 2 N–H and O–H groups in total. The Bertz CT molecular complexity index is 1040. The van der Waals surface area contributed by atoms with E-state index in [9.17, 15) is 9.59 Å². The Morgan fingerprint density at radius 3 is 2.72 bits per heavy atom. The molecule has 152 valence electrons. The number of amides is 2. The minimum absolute atomic E-state index is 0.0601. The van der Waals surface area contributed by atoms with Gasteiger partial charge >= 0.3 is 0 Å². The number of halogens is 2. The minimum atomic E-state index is -0.516. The van der Waals surface area contributed by atoms with Crippen LogP contribution in [0.2, 0.25) is 10.0 Å². The summed E-state index contributed by atoms with van der Waals surface area (Å²) in [6.07, 6.45) is 1.58. The van der Waals surface area contributed by atoms with E-state index in [4.69, 9.17) is 32.4 Å². The number of benzene rings is 1. The molecule has 0 bridgehead atoms. The summed E-state index contributed by atoms with van der Waals surface area (Å²) in [6, 6.07) is 8.17. The highest BCUT2D eigenvalue weighted by Crippen LogP contribution is 2.32. The third-order valence-corrected chi connectivity index (χ3v) is 4.75. The monoisotopic (exact) mass is 436 g/mol. The molecule has 0 fully saturated rings. The number of nitrogens with zero attached hydrogens (tertiary/aromatic N) is 2. The van der Waals surface area contributed by atoms with E-state index in [-0.39, 0.29) is 23.7 Å². The van der Waals surface area contributed by atoms with E-state index in [1.807, 2.05) is 6.92 Å². The second-order valence-corrected chi connectivity index (χ2v) is 6.67. The van der Waals surface area contributed by atoms with Crippen molar-refractivity contribution in [3.05, 3.63) is 63.8 Å². The molecular weight excluding hydrogens is 419 g/mol. The number of carbonyl (C=O) groups excluding carboxylic acids is 2. The predicted octanol–water partition coefficient (Wildman–Crippen LogP) is 3.99. The zero-order valence-electron chi connectivity index (χ0n) is 15.7. The molecule has 0 atom stereocenters. The summed E-state index contributed by atoms with van der Waals surface area (Å²) in [4.78, 5) is 24.5. The van der Waals surface area contributed by atoms with Crippen LogP contribution >= 0.6 is 23.2 Å². The van der Waals surface area contributed by atoms with Gasteiger partial charge < -0.3 is 19.8 Å². The Kier molecular flexibility index (Phi) is 6.46. The molecule has 2 aromatic heterocycles. The summed E-state index contributed by atoms with van der Waals surface area (Å²) in [6.45, 7) is 2.48. The van der Waals surface area contributed by atoms with Crippen LogP contribution in [-0.4, -0.2) is 28.6 Å². The molecule has 0 saturated heterocycles. The van der Waals surface area contributed by atoms with Gasteiger partial charge in [-0.25, -0.2) is 0 Å². The number of hydrogen-bond acceptors (Lipinski definition) is 5. The van der Waals surface area contributed by atoms with Gasteiger partial charge in [-0.05, 0) is 31.2 Å². The smallest absolute Gasteiger partial charge is 0.291 e. The standard InChI is InChI=1S/C19H18Cl2N4O4/c1-3-25-9-13(17(24-25)19(27)22-2)23-18(26)15-8-7-11(29-15)10-28-14-6-4-5-12(20)16(14)21/h4-9H,3,10H2,1-2H3,(H,22,27)(H,23,26). The Labute approximate surface area is 176 Å². The van der Waals surface area contributed by atoms with Gasteiger partial charge in [0.15, 0.2) is 11.5 Å². The largest absolute Gasteiger partial charge is 0.484 e. The van der Waals surface area contributed by atoms with Gasteiger partial charge in [0.05, 0.1) is 10.7 Å². The quantitative estimate of drug-likeness (QED) is 0.583. The lowest BCUT2D eigenvalue weighted by Gasteiger charge is -2.07. The molecule has 0 aliphatic heterocycles. The zero-order valence-corrected chi connectivity index (χ0v) is 17.2. The Morgan fingerprint density at radius 2 is 2.00 bits per heavy atom. The fourth-order valence-corrected chi connectivity index (χ4v) is 2.81. The fraction of sp³-hybridized carbons (Fsp3) is 0.211. The van der Waals surface area contributed by atoms with Crippen molar-refractivity contribution < 1.29 is 18.7 Å². The highest BCUT2D eigenvalue weighted by Gasteiger charge is 2.20. The average Bonchev–Trinajstić information content (AvgIpc) is 3.35. The van der Waals surface area contributed by atoms with Gasteiger partial charge in [-0.2, -0.15) is 5.10 Å². The molecule has 2 amide bonds. The highest BCUT2D eigenvalue weighted by atomic mass is 35.5. The van der Waals surface area contributed by atoms with Crippen molar-refractivity contribution in [2.75, 3.05) is 12.4 Å². The lowest BCUT2D eigenvalue weighted by atomic mass is 10.3. The molecule has 8 nitrogen and oxygen atoms in total. The van der Waals surface area contributed by atoms with Crippen molar-refractivity contribution in [2.45, 2.75) is 20.1 Å². The second kappa shape index (κ2) is 9.02. The Balaban J connectivity index is 1.69.